The van der Waals surface area contributed by atoms with Crippen LogP contribution in [0.4, 0.5) is 0 Å². The van der Waals surface area contributed by atoms with Crippen LogP contribution in [0, 0.1) is 13.8 Å². The zero-order valence-corrected chi connectivity index (χ0v) is 17.4. The molecule has 3 rings (SSSR count). The summed E-state index contributed by atoms with van der Waals surface area (Å²) in [4.78, 5) is 2.55. The fourth-order valence-corrected chi connectivity index (χ4v) is 4.11. The van der Waals surface area contributed by atoms with Crippen LogP contribution in [0.1, 0.15) is 28.7 Å². The maximum Gasteiger partial charge on any atom is 0.134 e. The summed E-state index contributed by atoms with van der Waals surface area (Å²) >= 11 is 3.67. The van der Waals surface area contributed by atoms with E-state index in [1.807, 2.05) is 0 Å². The molecule has 2 aromatic rings. The summed E-state index contributed by atoms with van der Waals surface area (Å²) in [5.41, 5.74) is 5.14. The van der Waals surface area contributed by atoms with E-state index in [0.29, 0.717) is 6.61 Å². The van der Waals surface area contributed by atoms with Crippen molar-refractivity contribution in [2.75, 3.05) is 32.7 Å². The van der Waals surface area contributed by atoms with E-state index in [1.54, 1.807) is 0 Å². The summed E-state index contributed by atoms with van der Waals surface area (Å²) in [5, 5.41) is 3.40. The lowest BCUT2D eigenvalue weighted by molar-refractivity contribution is 0.238. The Balaban J connectivity index is 1.50. The van der Waals surface area contributed by atoms with Gasteiger partial charge in [0.25, 0.3) is 0 Å². The molecule has 26 heavy (non-hydrogen) atoms. The number of hydrogen-bond donors (Lipinski definition) is 1. The highest BCUT2D eigenvalue weighted by atomic mass is 79.9. The first kappa shape index (κ1) is 19.4. The SMILES string of the molecule is Cc1cc(C)cc(COc2ccc(CCCN3CCNCC3)cc2Br)c1. The van der Waals surface area contributed by atoms with Crippen LogP contribution in [-0.4, -0.2) is 37.6 Å². The van der Waals surface area contributed by atoms with Crippen LogP contribution in [0.3, 0.4) is 0 Å². The number of nitrogens with zero attached hydrogens (tertiary/aromatic N) is 1. The molecule has 1 saturated heterocycles. The number of halogens is 1. The predicted molar refractivity (Wildman–Crippen MR) is 112 cm³/mol. The molecular weight excluding hydrogens is 388 g/mol. The van der Waals surface area contributed by atoms with Gasteiger partial charge in [0.05, 0.1) is 4.47 Å². The third kappa shape index (κ3) is 5.83. The molecule has 0 aromatic heterocycles. The quantitative estimate of drug-likeness (QED) is 0.719. The Bertz CT molecular complexity index is 706. The number of rotatable bonds is 7. The highest BCUT2D eigenvalue weighted by molar-refractivity contribution is 9.10. The molecule has 140 valence electrons. The molecular formula is C22H29BrN2O. The van der Waals surface area contributed by atoms with E-state index in [9.17, 15) is 0 Å². The number of aryl methyl sites for hydroxylation is 3. The standard InChI is InChI=1S/C22H29BrN2O/c1-17-12-18(2)14-20(13-17)16-26-22-6-5-19(15-21(22)23)4-3-9-25-10-7-24-8-11-25/h5-6,12-15,24H,3-4,7-11,16H2,1-2H3. The molecule has 2 aromatic carbocycles. The van der Waals surface area contributed by atoms with Gasteiger partial charge in [0, 0.05) is 26.2 Å². The van der Waals surface area contributed by atoms with Crippen molar-refractivity contribution in [1.29, 1.82) is 0 Å². The Labute approximate surface area is 165 Å². The van der Waals surface area contributed by atoms with Gasteiger partial charge in [0.15, 0.2) is 0 Å². The summed E-state index contributed by atoms with van der Waals surface area (Å²) < 4.78 is 7.07. The van der Waals surface area contributed by atoms with Crippen LogP contribution in [0.25, 0.3) is 0 Å². The van der Waals surface area contributed by atoms with Gasteiger partial charge in [-0.1, -0.05) is 35.4 Å². The second kappa shape index (κ2) is 9.54. The van der Waals surface area contributed by atoms with Gasteiger partial charge >= 0.3 is 0 Å². The number of hydrogen-bond acceptors (Lipinski definition) is 3. The van der Waals surface area contributed by atoms with Crippen molar-refractivity contribution in [2.45, 2.75) is 33.3 Å². The number of nitrogens with one attached hydrogen (secondary N) is 1. The molecule has 0 bridgehead atoms. The van der Waals surface area contributed by atoms with Gasteiger partial charge in [0.1, 0.15) is 12.4 Å². The summed E-state index contributed by atoms with van der Waals surface area (Å²) in [6.45, 7) is 10.6. The topological polar surface area (TPSA) is 24.5 Å². The smallest absolute Gasteiger partial charge is 0.134 e. The average Bonchev–Trinajstić information content (AvgIpc) is 2.61. The van der Waals surface area contributed by atoms with Gasteiger partial charge in [-0.05, 0) is 72.4 Å². The summed E-state index contributed by atoms with van der Waals surface area (Å²) in [6.07, 6.45) is 2.31. The summed E-state index contributed by atoms with van der Waals surface area (Å²) in [7, 11) is 0. The molecule has 0 atom stereocenters. The van der Waals surface area contributed by atoms with Crippen LogP contribution < -0.4 is 10.1 Å². The lowest BCUT2D eigenvalue weighted by Gasteiger charge is -2.27. The molecule has 0 aliphatic carbocycles. The minimum atomic E-state index is 0.601. The lowest BCUT2D eigenvalue weighted by Crippen LogP contribution is -2.43. The minimum Gasteiger partial charge on any atom is -0.488 e. The zero-order valence-electron chi connectivity index (χ0n) is 15.9. The van der Waals surface area contributed by atoms with Crippen LogP contribution in [0.5, 0.6) is 5.75 Å². The molecule has 1 aliphatic rings. The van der Waals surface area contributed by atoms with Crippen LogP contribution in [0.2, 0.25) is 0 Å². The van der Waals surface area contributed by atoms with E-state index in [4.69, 9.17) is 4.74 Å². The largest absolute Gasteiger partial charge is 0.488 e. The molecule has 1 heterocycles. The number of benzene rings is 2. The first-order valence-electron chi connectivity index (χ1n) is 9.51. The van der Waals surface area contributed by atoms with Gasteiger partial charge in [0.2, 0.25) is 0 Å². The van der Waals surface area contributed by atoms with Gasteiger partial charge in [-0.25, -0.2) is 0 Å². The van der Waals surface area contributed by atoms with Crippen molar-refractivity contribution < 1.29 is 4.74 Å². The minimum absolute atomic E-state index is 0.601. The van der Waals surface area contributed by atoms with Crippen molar-refractivity contribution in [3.8, 4) is 5.75 Å². The van der Waals surface area contributed by atoms with Gasteiger partial charge in [-0.2, -0.15) is 0 Å². The monoisotopic (exact) mass is 416 g/mol. The van der Waals surface area contributed by atoms with Crippen molar-refractivity contribution in [3.63, 3.8) is 0 Å². The third-order valence-electron chi connectivity index (χ3n) is 4.82. The number of ether oxygens (including phenoxy) is 1. The number of piperazine rings is 1. The second-order valence-corrected chi connectivity index (χ2v) is 8.10. The molecule has 0 saturated carbocycles. The Morgan fingerprint density at radius 3 is 2.42 bits per heavy atom. The summed E-state index contributed by atoms with van der Waals surface area (Å²) in [5.74, 6) is 0.912. The fourth-order valence-electron chi connectivity index (χ4n) is 3.57. The van der Waals surface area contributed by atoms with Gasteiger partial charge < -0.3 is 15.0 Å². The first-order valence-corrected chi connectivity index (χ1v) is 10.3. The lowest BCUT2D eigenvalue weighted by atomic mass is 10.1. The Hall–Kier alpha value is -1.36. The maximum absolute atomic E-state index is 6.03. The van der Waals surface area contributed by atoms with Gasteiger partial charge in [-0.3, -0.25) is 0 Å². The van der Waals surface area contributed by atoms with Crippen molar-refractivity contribution >= 4 is 15.9 Å². The predicted octanol–water partition coefficient (Wildman–Crippen LogP) is 4.48. The van der Waals surface area contributed by atoms with Crippen LogP contribution in [-0.2, 0) is 13.0 Å². The zero-order chi connectivity index (χ0) is 18.4. The van der Waals surface area contributed by atoms with Crippen LogP contribution >= 0.6 is 15.9 Å². The second-order valence-electron chi connectivity index (χ2n) is 7.24. The van der Waals surface area contributed by atoms with Crippen molar-refractivity contribution in [2.24, 2.45) is 0 Å². The molecule has 0 spiro atoms. The van der Waals surface area contributed by atoms with E-state index in [1.165, 1.54) is 48.3 Å². The molecule has 1 fully saturated rings. The van der Waals surface area contributed by atoms with E-state index in [2.05, 4.69) is 76.4 Å². The molecule has 1 aliphatic heterocycles. The average molecular weight is 417 g/mol. The van der Waals surface area contributed by atoms with E-state index >= 15 is 0 Å². The molecule has 0 amide bonds. The van der Waals surface area contributed by atoms with E-state index in [-0.39, 0.29) is 0 Å². The third-order valence-corrected chi connectivity index (χ3v) is 5.44. The Kier molecular flexibility index (Phi) is 7.12. The highest BCUT2D eigenvalue weighted by Gasteiger charge is 2.09. The summed E-state index contributed by atoms with van der Waals surface area (Å²) in [6, 6.07) is 13.0. The van der Waals surface area contributed by atoms with Crippen molar-refractivity contribution in [3.05, 3.63) is 63.1 Å². The Morgan fingerprint density at radius 2 is 1.73 bits per heavy atom. The molecule has 0 unspecified atom stereocenters. The molecule has 1 N–H and O–H groups in total. The molecule has 3 nitrogen and oxygen atoms in total. The van der Waals surface area contributed by atoms with E-state index in [0.717, 1.165) is 29.7 Å². The molecule has 4 heteroatoms. The normalized spacial score (nSPS) is 15.2. The van der Waals surface area contributed by atoms with Crippen molar-refractivity contribution in [1.82, 2.24) is 10.2 Å². The van der Waals surface area contributed by atoms with E-state index < -0.39 is 0 Å². The van der Waals surface area contributed by atoms with Crippen LogP contribution in [0.15, 0.2) is 40.9 Å². The van der Waals surface area contributed by atoms with Gasteiger partial charge in [-0.15, -0.1) is 0 Å². The highest BCUT2D eigenvalue weighted by Crippen LogP contribution is 2.27. The molecule has 0 radical (unpaired) electrons. The fraction of sp³-hybridized carbons (Fsp3) is 0.455. The Morgan fingerprint density at radius 1 is 1.00 bits per heavy atom. The maximum atomic E-state index is 6.03. The first-order chi connectivity index (χ1) is 12.6.